The van der Waals surface area contributed by atoms with Crippen LogP contribution in [-0.4, -0.2) is 10.7 Å². The van der Waals surface area contributed by atoms with Gasteiger partial charge in [0.1, 0.15) is 0 Å². The number of ketones is 1. The van der Waals surface area contributed by atoms with Crippen LogP contribution in [0.5, 0.6) is 0 Å². The molecular weight excluding hydrogens is 244 g/mol. The Morgan fingerprint density at radius 3 is 2.53 bits per heavy atom. The number of benzene rings is 1. The number of nitro groups is 1. The molecule has 5 heteroatoms. The molecule has 2 rings (SSSR count). The fourth-order valence-electron chi connectivity index (χ4n) is 1.85. The molecular formula is C14H13N2O3+. The molecule has 0 radical (unpaired) electrons. The van der Waals surface area contributed by atoms with Gasteiger partial charge in [0.05, 0.1) is 4.92 Å². The van der Waals surface area contributed by atoms with Crippen LogP contribution in [0, 0.1) is 17.0 Å². The van der Waals surface area contributed by atoms with Gasteiger partial charge >= 0.3 is 5.69 Å². The van der Waals surface area contributed by atoms with Crippen molar-refractivity contribution in [1.82, 2.24) is 0 Å². The molecule has 2 aromatic rings. The molecule has 96 valence electrons. The predicted octanol–water partition coefficient (Wildman–Crippen LogP) is 2.07. The fourth-order valence-corrected chi connectivity index (χ4v) is 1.85. The van der Waals surface area contributed by atoms with E-state index in [2.05, 4.69) is 0 Å². The average molecular weight is 257 g/mol. The summed E-state index contributed by atoms with van der Waals surface area (Å²) in [6.45, 7) is 1.73. The van der Waals surface area contributed by atoms with E-state index >= 15 is 0 Å². The highest BCUT2D eigenvalue weighted by atomic mass is 16.6. The van der Waals surface area contributed by atoms with E-state index in [1.807, 2.05) is 6.07 Å². The van der Waals surface area contributed by atoms with Crippen molar-refractivity contribution in [3.05, 3.63) is 70.0 Å². The molecule has 0 atom stereocenters. The molecule has 1 aromatic carbocycles. The molecule has 1 aromatic heterocycles. The lowest BCUT2D eigenvalue weighted by Gasteiger charge is -2.01. The minimum Gasteiger partial charge on any atom is -0.287 e. The number of aromatic nitrogens is 1. The summed E-state index contributed by atoms with van der Waals surface area (Å²) in [5.41, 5.74) is 1.08. The molecule has 0 bridgehead atoms. The maximum absolute atomic E-state index is 12.1. The number of hydrogen-bond acceptors (Lipinski definition) is 3. The monoisotopic (exact) mass is 257 g/mol. The zero-order chi connectivity index (χ0) is 13.8. The van der Waals surface area contributed by atoms with Crippen LogP contribution in [0.2, 0.25) is 0 Å². The second-order valence-corrected chi connectivity index (χ2v) is 4.15. The average Bonchev–Trinajstić information content (AvgIpc) is 2.41. The molecule has 0 amide bonds. The first-order valence-electron chi connectivity index (χ1n) is 5.81. The number of pyridine rings is 1. The minimum atomic E-state index is -0.446. The summed E-state index contributed by atoms with van der Waals surface area (Å²) in [5, 5.41) is 10.8. The number of carbonyl (C=O) groups is 1. The Bertz CT molecular complexity index is 624. The van der Waals surface area contributed by atoms with Crippen molar-refractivity contribution >= 4 is 11.5 Å². The van der Waals surface area contributed by atoms with Crippen molar-refractivity contribution < 1.29 is 14.3 Å². The van der Waals surface area contributed by atoms with Crippen LogP contribution in [0.3, 0.4) is 0 Å². The van der Waals surface area contributed by atoms with Crippen LogP contribution in [-0.2, 0) is 6.54 Å². The third-order valence-electron chi connectivity index (χ3n) is 2.93. The maximum Gasteiger partial charge on any atom is 0.335 e. The first kappa shape index (κ1) is 12.9. The summed E-state index contributed by atoms with van der Waals surface area (Å²) < 4.78 is 1.59. The Morgan fingerprint density at radius 1 is 1.21 bits per heavy atom. The van der Waals surface area contributed by atoms with Crippen LogP contribution in [0.4, 0.5) is 5.69 Å². The molecule has 0 spiro atoms. The van der Waals surface area contributed by atoms with Crippen LogP contribution >= 0.6 is 0 Å². The Balaban J connectivity index is 2.27. The summed E-state index contributed by atoms with van der Waals surface area (Å²) in [6, 6.07) is 11.9. The van der Waals surface area contributed by atoms with Gasteiger partial charge in [-0.25, -0.2) is 0 Å². The summed E-state index contributed by atoms with van der Waals surface area (Å²) in [6.07, 6.45) is 1.67. The van der Waals surface area contributed by atoms with Gasteiger partial charge in [-0.2, -0.15) is 4.57 Å². The van der Waals surface area contributed by atoms with Gasteiger partial charge in [0.15, 0.2) is 6.20 Å². The summed E-state index contributed by atoms with van der Waals surface area (Å²) in [4.78, 5) is 22.4. The number of nitrogens with zero attached hydrogens (tertiary/aromatic N) is 2. The van der Waals surface area contributed by atoms with Crippen LogP contribution in [0.1, 0.15) is 16.1 Å². The van der Waals surface area contributed by atoms with Gasteiger partial charge in [0, 0.05) is 24.6 Å². The van der Waals surface area contributed by atoms with E-state index in [1.165, 1.54) is 6.07 Å². The SMILES string of the molecule is Cc1c([N+](=O)[O-])ccc[n+]1CC(=O)c1ccccc1. The molecule has 0 aliphatic rings. The van der Waals surface area contributed by atoms with Gasteiger partial charge in [-0.15, -0.1) is 0 Å². The first-order valence-corrected chi connectivity index (χ1v) is 5.81. The highest BCUT2D eigenvalue weighted by Gasteiger charge is 2.22. The molecule has 19 heavy (non-hydrogen) atoms. The molecule has 0 fully saturated rings. The Kier molecular flexibility index (Phi) is 3.66. The molecule has 0 aliphatic carbocycles. The Labute approximate surface area is 110 Å². The van der Waals surface area contributed by atoms with E-state index in [9.17, 15) is 14.9 Å². The van der Waals surface area contributed by atoms with Crippen LogP contribution in [0.15, 0.2) is 48.7 Å². The van der Waals surface area contributed by atoms with Crippen molar-refractivity contribution in [2.45, 2.75) is 13.5 Å². The van der Waals surface area contributed by atoms with Crippen molar-refractivity contribution in [3.63, 3.8) is 0 Å². The highest BCUT2D eigenvalue weighted by Crippen LogP contribution is 2.12. The highest BCUT2D eigenvalue weighted by molar-refractivity contribution is 5.94. The second kappa shape index (κ2) is 5.39. The van der Waals surface area contributed by atoms with Gasteiger partial charge in [-0.05, 0) is 0 Å². The van der Waals surface area contributed by atoms with E-state index in [-0.39, 0.29) is 18.0 Å². The van der Waals surface area contributed by atoms with Crippen LogP contribution < -0.4 is 4.57 Å². The largest absolute Gasteiger partial charge is 0.335 e. The third-order valence-corrected chi connectivity index (χ3v) is 2.93. The van der Waals surface area contributed by atoms with Gasteiger partial charge in [-0.3, -0.25) is 14.9 Å². The zero-order valence-corrected chi connectivity index (χ0v) is 10.4. The van der Waals surface area contributed by atoms with E-state index in [0.717, 1.165) is 0 Å². The van der Waals surface area contributed by atoms with Crippen molar-refractivity contribution in [1.29, 1.82) is 0 Å². The lowest BCUT2D eigenvalue weighted by molar-refractivity contribution is -0.691. The lowest BCUT2D eigenvalue weighted by atomic mass is 10.1. The Morgan fingerprint density at radius 2 is 1.89 bits per heavy atom. The molecule has 1 heterocycles. The molecule has 0 N–H and O–H groups in total. The second-order valence-electron chi connectivity index (χ2n) is 4.15. The molecule has 0 aliphatic heterocycles. The molecule has 0 saturated carbocycles. The van der Waals surface area contributed by atoms with Crippen molar-refractivity contribution in [2.75, 3.05) is 0 Å². The number of rotatable bonds is 4. The van der Waals surface area contributed by atoms with Crippen molar-refractivity contribution in [2.24, 2.45) is 0 Å². The van der Waals surface area contributed by atoms with E-state index < -0.39 is 4.92 Å². The molecule has 0 unspecified atom stereocenters. The summed E-state index contributed by atoms with van der Waals surface area (Å²) in [5.74, 6) is -0.0748. The zero-order valence-electron chi connectivity index (χ0n) is 10.4. The van der Waals surface area contributed by atoms with E-state index in [4.69, 9.17) is 0 Å². The minimum absolute atomic E-state index is 0.0170. The maximum atomic E-state index is 12.1. The third kappa shape index (κ3) is 2.82. The standard InChI is InChI=1S/C14H13N2O3/c1-11-13(16(18)19)8-5-9-15(11)10-14(17)12-6-3-2-4-7-12/h2-9H,10H2,1H3/q+1. The fraction of sp³-hybridized carbons (Fsp3) is 0.143. The first-order chi connectivity index (χ1) is 9.09. The number of hydrogen-bond donors (Lipinski definition) is 0. The predicted molar refractivity (Wildman–Crippen MR) is 68.8 cm³/mol. The topological polar surface area (TPSA) is 64.1 Å². The number of Topliss-reactive ketones (excluding diaryl/α,β-unsaturated/α-hetero) is 1. The van der Waals surface area contributed by atoms with E-state index in [1.54, 1.807) is 48.0 Å². The van der Waals surface area contributed by atoms with Gasteiger partial charge < -0.3 is 0 Å². The number of carbonyl (C=O) groups excluding carboxylic acids is 1. The van der Waals surface area contributed by atoms with Gasteiger partial charge in [0.2, 0.25) is 12.3 Å². The smallest absolute Gasteiger partial charge is 0.287 e. The normalized spacial score (nSPS) is 10.2. The summed E-state index contributed by atoms with van der Waals surface area (Å²) >= 11 is 0. The van der Waals surface area contributed by atoms with Gasteiger partial charge in [0.25, 0.3) is 5.69 Å². The van der Waals surface area contributed by atoms with Crippen molar-refractivity contribution in [3.8, 4) is 0 Å². The lowest BCUT2D eigenvalue weighted by Crippen LogP contribution is -2.40. The molecule has 0 saturated heterocycles. The van der Waals surface area contributed by atoms with Gasteiger partial charge in [-0.1, -0.05) is 30.3 Å². The Hall–Kier alpha value is -2.56. The quantitative estimate of drug-likeness (QED) is 0.364. The summed E-state index contributed by atoms with van der Waals surface area (Å²) in [7, 11) is 0. The van der Waals surface area contributed by atoms with E-state index in [0.29, 0.717) is 11.3 Å². The van der Waals surface area contributed by atoms with Crippen LogP contribution in [0.25, 0.3) is 0 Å². The molecule has 5 nitrogen and oxygen atoms in total.